The summed E-state index contributed by atoms with van der Waals surface area (Å²) in [5.74, 6) is -0.815. The van der Waals surface area contributed by atoms with Crippen molar-refractivity contribution in [3.8, 4) is 17.1 Å². The normalized spacial score (nSPS) is 11.6. The van der Waals surface area contributed by atoms with Gasteiger partial charge in [0.15, 0.2) is 12.4 Å². The summed E-state index contributed by atoms with van der Waals surface area (Å²) in [7, 11) is 0. The number of alkyl halides is 3. The highest BCUT2D eigenvalue weighted by Crippen LogP contribution is 2.32. The van der Waals surface area contributed by atoms with Crippen molar-refractivity contribution in [3.05, 3.63) is 123 Å². The molecule has 0 radical (unpaired) electrons. The Kier molecular flexibility index (Phi) is 8.16. The molecule has 0 saturated carbocycles. The zero-order valence-corrected chi connectivity index (χ0v) is 23.0. The molecule has 5 rings (SSSR count). The zero-order chi connectivity index (χ0) is 29.9. The lowest BCUT2D eigenvalue weighted by atomic mass is 10.1. The number of para-hydroxylation sites is 1. The summed E-state index contributed by atoms with van der Waals surface area (Å²) in [6, 6.07) is 21.0. The van der Waals surface area contributed by atoms with Gasteiger partial charge in [-0.15, -0.1) is 0 Å². The van der Waals surface area contributed by atoms with Crippen molar-refractivity contribution in [2.24, 2.45) is 5.10 Å². The molecule has 42 heavy (non-hydrogen) atoms. The highest BCUT2D eigenvalue weighted by Gasteiger charge is 2.31. The number of rotatable bonds is 7. The third kappa shape index (κ3) is 6.55. The van der Waals surface area contributed by atoms with Crippen molar-refractivity contribution in [3.63, 3.8) is 0 Å². The van der Waals surface area contributed by atoms with E-state index >= 15 is 0 Å². The number of hydrogen-bond donors (Lipinski definition) is 1. The van der Waals surface area contributed by atoms with E-state index in [2.05, 4.69) is 31.3 Å². The number of fused-ring (bicyclic) bond motifs is 1. The standard InChI is InChI=1S/C30H19BrF4N4O3/c31-21-8-13-26(42-17-27(40)37-23-11-9-22(32)10-12-23)19(15-21)16-36-39-28(18-4-3-5-20(14-18)30(33,34)35)38-25-7-2-1-6-24(25)29(39)41/h1-16H,17H2,(H,37,40). The Labute approximate surface area is 244 Å². The van der Waals surface area contributed by atoms with Crippen LogP contribution in [0.3, 0.4) is 0 Å². The Morgan fingerprint density at radius 2 is 1.76 bits per heavy atom. The van der Waals surface area contributed by atoms with Gasteiger partial charge in [0, 0.05) is 21.3 Å². The molecule has 0 aliphatic heterocycles. The van der Waals surface area contributed by atoms with Gasteiger partial charge in [0.25, 0.3) is 11.5 Å². The van der Waals surface area contributed by atoms with Crippen LogP contribution < -0.4 is 15.6 Å². The number of anilines is 1. The molecule has 4 aromatic carbocycles. The number of nitrogens with zero attached hydrogens (tertiary/aromatic N) is 3. The lowest BCUT2D eigenvalue weighted by Gasteiger charge is -2.13. The number of carbonyl (C=O) groups is 1. The van der Waals surface area contributed by atoms with Crippen LogP contribution in [-0.4, -0.2) is 28.4 Å². The van der Waals surface area contributed by atoms with Crippen molar-refractivity contribution in [2.45, 2.75) is 6.18 Å². The van der Waals surface area contributed by atoms with Gasteiger partial charge in [-0.05, 0) is 66.7 Å². The van der Waals surface area contributed by atoms with E-state index in [-0.39, 0.29) is 22.5 Å². The number of benzene rings is 4. The van der Waals surface area contributed by atoms with Crippen LogP contribution in [0.25, 0.3) is 22.3 Å². The maximum absolute atomic E-state index is 13.5. The van der Waals surface area contributed by atoms with Gasteiger partial charge in [-0.1, -0.05) is 40.2 Å². The van der Waals surface area contributed by atoms with Gasteiger partial charge >= 0.3 is 6.18 Å². The first kappa shape index (κ1) is 28.7. The lowest BCUT2D eigenvalue weighted by molar-refractivity contribution is -0.137. The minimum Gasteiger partial charge on any atom is -0.483 e. The van der Waals surface area contributed by atoms with Crippen LogP contribution in [0.15, 0.2) is 105 Å². The van der Waals surface area contributed by atoms with Crippen LogP contribution >= 0.6 is 15.9 Å². The Bertz CT molecular complexity index is 1870. The number of nitrogens with one attached hydrogen (secondary N) is 1. The van der Waals surface area contributed by atoms with E-state index in [1.165, 1.54) is 42.6 Å². The largest absolute Gasteiger partial charge is 0.483 e. The maximum atomic E-state index is 13.5. The number of amides is 1. The molecule has 0 spiro atoms. The summed E-state index contributed by atoms with van der Waals surface area (Å²) in [5.41, 5.74) is -0.435. The molecule has 12 heteroatoms. The number of ether oxygens (including phenoxy) is 1. The summed E-state index contributed by atoms with van der Waals surface area (Å²) in [4.78, 5) is 30.3. The zero-order valence-electron chi connectivity index (χ0n) is 21.4. The molecule has 1 aromatic heterocycles. The van der Waals surface area contributed by atoms with Crippen LogP contribution in [-0.2, 0) is 11.0 Å². The van der Waals surface area contributed by atoms with Gasteiger partial charge in [-0.25, -0.2) is 9.37 Å². The topological polar surface area (TPSA) is 85.6 Å². The number of hydrogen-bond acceptors (Lipinski definition) is 5. The molecule has 0 aliphatic carbocycles. The molecule has 5 aromatic rings. The second-order valence-corrected chi connectivity index (χ2v) is 9.83. The molecule has 0 saturated heterocycles. The average molecular weight is 639 g/mol. The van der Waals surface area contributed by atoms with Gasteiger partial charge < -0.3 is 10.1 Å². The molecule has 212 valence electrons. The molecule has 0 atom stereocenters. The van der Waals surface area contributed by atoms with Gasteiger partial charge in [-0.3, -0.25) is 9.59 Å². The number of halogens is 5. The summed E-state index contributed by atoms with van der Waals surface area (Å²) in [6.07, 6.45) is -3.32. The molecular weight excluding hydrogens is 620 g/mol. The lowest BCUT2D eigenvalue weighted by Crippen LogP contribution is -2.21. The first-order chi connectivity index (χ1) is 20.1. The van der Waals surface area contributed by atoms with E-state index in [0.717, 1.165) is 16.8 Å². The summed E-state index contributed by atoms with van der Waals surface area (Å²) in [5, 5.41) is 7.10. The van der Waals surface area contributed by atoms with Crippen LogP contribution in [0, 0.1) is 5.82 Å². The minimum atomic E-state index is -4.60. The second kappa shape index (κ2) is 12.0. The molecule has 0 bridgehead atoms. The van der Waals surface area contributed by atoms with Gasteiger partial charge in [0.2, 0.25) is 0 Å². The third-order valence-electron chi connectivity index (χ3n) is 5.97. The quantitative estimate of drug-likeness (QED) is 0.155. The van der Waals surface area contributed by atoms with Gasteiger partial charge in [0.1, 0.15) is 11.6 Å². The Morgan fingerprint density at radius 3 is 2.52 bits per heavy atom. The number of carbonyl (C=O) groups excluding carboxylic acids is 1. The fraction of sp³-hybridized carbons (Fsp3) is 0.0667. The third-order valence-corrected chi connectivity index (χ3v) is 6.47. The Balaban J connectivity index is 1.50. The molecule has 0 unspecified atom stereocenters. The van der Waals surface area contributed by atoms with Crippen molar-refractivity contribution < 1.29 is 27.1 Å². The summed E-state index contributed by atoms with van der Waals surface area (Å²) in [6.45, 7) is -0.396. The van der Waals surface area contributed by atoms with Crippen molar-refractivity contribution in [1.29, 1.82) is 0 Å². The smallest absolute Gasteiger partial charge is 0.416 e. The SMILES string of the molecule is O=C(COc1ccc(Br)cc1C=Nn1c(-c2cccc(C(F)(F)F)c2)nc2ccccc2c1=O)Nc1ccc(F)cc1. The molecule has 7 nitrogen and oxygen atoms in total. The van der Waals surface area contributed by atoms with E-state index in [1.54, 1.807) is 42.5 Å². The van der Waals surface area contributed by atoms with E-state index < -0.39 is 35.6 Å². The fourth-order valence-corrected chi connectivity index (χ4v) is 4.38. The predicted molar refractivity (Wildman–Crippen MR) is 154 cm³/mol. The highest BCUT2D eigenvalue weighted by atomic mass is 79.9. The minimum absolute atomic E-state index is 0.0352. The van der Waals surface area contributed by atoms with Crippen molar-refractivity contribution in [2.75, 3.05) is 11.9 Å². The maximum Gasteiger partial charge on any atom is 0.416 e. The van der Waals surface area contributed by atoms with Crippen molar-refractivity contribution in [1.82, 2.24) is 9.66 Å². The number of aromatic nitrogens is 2. The first-order valence-corrected chi connectivity index (χ1v) is 13.1. The first-order valence-electron chi connectivity index (χ1n) is 12.3. The van der Waals surface area contributed by atoms with Crippen molar-refractivity contribution >= 4 is 44.6 Å². The molecule has 1 N–H and O–H groups in total. The van der Waals surface area contributed by atoms with E-state index in [4.69, 9.17) is 4.74 Å². The van der Waals surface area contributed by atoms with Gasteiger partial charge in [0.05, 0.1) is 22.7 Å². The highest BCUT2D eigenvalue weighted by molar-refractivity contribution is 9.10. The van der Waals surface area contributed by atoms with Crippen LogP contribution in [0.4, 0.5) is 23.2 Å². The average Bonchev–Trinajstić information content (AvgIpc) is 2.97. The fourth-order valence-electron chi connectivity index (χ4n) is 4.00. The molecule has 0 fully saturated rings. The molecular formula is C30H19BrF4N4O3. The van der Waals surface area contributed by atoms with Crippen LogP contribution in [0.5, 0.6) is 5.75 Å². The van der Waals surface area contributed by atoms with E-state index in [9.17, 15) is 27.2 Å². The Morgan fingerprint density at radius 1 is 1.00 bits per heavy atom. The van der Waals surface area contributed by atoms with Gasteiger partial charge in [-0.2, -0.15) is 22.9 Å². The van der Waals surface area contributed by atoms with E-state index in [1.807, 2.05) is 0 Å². The second-order valence-electron chi connectivity index (χ2n) is 8.92. The monoisotopic (exact) mass is 638 g/mol. The molecule has 1 amide bonds. The predicted octanol–water partition coefficient (Wildman–Crippen LogP) is 6.88. The molecule has 0 aliphatic rings. The van der Waals surface area contributed by atoms with Crippen LogP contribution in [0.2, 0.25) is 0 Å². The molecule has 1 heterocycles. The van der Waals surface area contributed by atoms with E-state index in [0.29, 0.717) is 21.2 Å². The summed E-state index contributed by atoms with van der Waals surface area (Å²) < 4.78 is 60.7. The summed E-state index contributed by atoms with van der Waals surface area (Å²) >= 11 is 3.36. The van der Waals surface area contributed by atoms with Crippen LogP contribution in [0.1, 0.15) is 11.1 Å². The Hall–Kier alpha value is -4.84.